The molecule has 2 N–H and O–H groups in total. The van der Waals surface area contributed by atoms with Crippen LogP contribution in [0.2, 0.25) is 0 Å². The number of nitrogens with two attached hydrogens (primary N) is 1. The highest BCUT2D eigenvalue weighted by molar-refractivity contribution is 5.54. The second-order valence-electron chi connectivity index (χ2n) is 2.06. The number of hydrogen-bond donors (Lipinski definition) is 1. The molecular weight excluding hydrogens is 136 g/mol. The van der Waals surface area contributed by atoms with E-state index in [1.807, 2.05) is 6.07 Å². The zero-order chi connectivity index (χ0) is 8.27. The highest BCUT2D eigenvalue weighted by Crippen LogP contribution is 2.10. The monoisotopic (exact) mass is 142 g/mol. The predicted molar refractivity (Wildman–Crippen MR) is 43.5 cm³/mol. The largest absolute Gasteiger partial charge is 0.399 e. The van der Waals surface area contributed by atoms with Crippen molar-refractivity contribution in [1.82, 2.24) is 0 Å². The van der Waals surface area contributed by atoms with Crippen molar-refractivity contribution >= 4 is 5.69 Å². The molecule has 1 aromatic carbocycles. The molecule has 0 fully saturated rings. The van der Waals surface area contributed by atoms with E-state index in [0.717, 1.165) is 0 Å². The first-order chi connectivity index (χ1) is 5.27. The molecule has 0 aromatic heterocycles. The second-order valence-corrected chi connectivity index (χ2v) is 2.06. The standard InChI is InChI=1S/C9H6N2/c1-2-7-3-4-9(11)5-8(7)6-10/h1,3-5H,11H2. The smallest absolute Gasteiger partial charge is 0.101 e. The summed E-state index contributed by atoms with van der Waals surface area (Å²) in [6.45, 7) is 0. The molecule has 0 atom stereocenters. The van der Waals surface area contributed by atoms with Crippen LogP contribution in [0.25, 0.3) is 0 Å². The highest BCUT2D eigenvalue weighted by Gasteiger charge is 1.97. The number of nitrogens with zero attached hydrogens (tertiary/aromatic N) is 1. The quantitative estimate of drug-likeness (QED) is 0.436. The Hall–Kier alpha value is -1.93. The van der Waals surface area contributed by atoms with Crippen LogP contribution in [0.1, 0.15) is 11.1 Å². The molecule has 0 aliphatic carbocycles. The Balaban J connectivity index is 3.34. The first-order valence-corrected chi connectivity index (χ1v) is 3.04. The van der Waals surface area contributed by atoms with Gasteiger partial charge in [-0.3, -0.25) is 0 Å². The van der Waals surface area contributed by atoms with E-state index in [1.165, 1.54) is 0 Å². The molecule has 2 nitrogen and oxygen atoms in total. The van der Waals surface area contributed by atoms with Gasteiger partial charge in [0, 0.05) is 11.3 Å². The third kappa shape index (κ3) is 1.31. The van der Waals surface area contributed by atoms with Crippen molar-refractivity contribution < 1.29 is 0 Å². The van der Waals surface area contributed by atoms with Crippen molar-refractivity contribution in [2.45, 2.75) is 0 Å². The number of benzene rings is 1. The Bertz CT molecular complexity index is 353. The number of nitriles is 1. The lowest BCUT2D eigenvalue weighted by molar-refractivity contribution is 1.47. The van der Waals surface area contributed by atoms with E-state index < -0.39 is 0 Å². The van der Waals surface area contributed by atoms with Crippen LogP contribution in [0.5, 0.6) is 0 Å². The lowest BCUT2D eigenvalue weighted by Gasteiger charge is -1.95. The Kier molecular flexibility index (Phi) is 1.81. The molecular formula is C9H6N2. The van der Waals surface area contributed by atoms with Crippen LogP contribution in [0.15, 0.2) is 18.2 Å². The van der Waals surface area contributed by atoms with Crippen molar-refractivity contribution in [2.24, 2.45) is 0 Å². The molecule has 2 heteroatoms. The van der Waals surface area contributed by atoms with Crippen molar-refractivity contribution in [2.75, 3.05) is 5.73 Å². The molecule has 11 heavy (non-hydrogen) atoms. The van der Waals surface area contributed by atoms with Crippen LogP contribution >= 0.6 is 0 Å². The fourth-order valence-corrected chi connectivity index (χ4v) is 0.780. The fraction of sp³-hybridized carbons (Fsp3) is 0. The fourth-order valence-electron chi connectivity index (χ4n) is 0.780. The molecule has 1 aromatic rings. The zero-order valence-corrected chi connectivity index (χ0v) is 5.83. The van der Waals surface area contributed by atoms with Crippen molar-refractivity contribution in [1.29, 1.82) is 5.26 Å². The number of terminal acetylenes is 1. The average molecular weight is 142 g/mol. The van der Waals surface area contributed by atoms with Crippen LogP contribution < -0.4 is 5.73 Å². The molecule has 0 spiro atoms. The third-order valence-electron chi connectivity index (χ3n) is 1.32. The van der Waals surface area contributed by atoms with Gasteiger partial charge in [-0.2, -0.15) is 5.26 Å². The Morgan fingerprint density at radius 1 is 1.36 bits per heavy atom. The van der Waals surface area contributed by atoms with Gasteiger partial charge in [-0.1, -0.05) is 5.92 Å². The summed E-state index contributed by atoms with van der Waals surface area (Å²) in [7, 11) is 0. The van der Waals surface area contributed by atoms with Gasteiger partial charge in [0.05, 0.1) is 5.56 Å². The minimum atomic E-state index is 0.451. The van der Waals surface area contributed by atoms with Gasteiger partial charge in [-0.15, -0.1) is 6.42 Å². The van der Waals surface area contributed by atoms with E-state index in [0.29, 0.717) is 16.8 Å². The summed E-state index contributed by atoms with van der Waals surface area (Å²) >= 11 is 0. The molecule has 0 bridgehead atoms. The molecule has 0 heterocycles. The topological polar surface area (TPSA) is 49.8 Å². The molecule has 0 radical (unpaired) electrons. The molecule has 0 unspecified atom stereocenters. The van der Waals surface area contributed by atoms with E-state index >= 15 is 0 Å². The summed E-state index contributed by atoms with van der Waals surface area (Å²) in [6.07, 6.45) is 5.13. The summed E-state index contributed by atoms with van der Waals surface area (Å²) in [6, 6.07) is 6.87. The maximum absolute atomic E-state index is 8.57. The van der Waals surface area contributed by atoms with E-state index in [4.69, 9.17) is 17.4 Å². The summed E-state index contributed by atoms with van der Waals surface area (Å²) in [5.41, 5.74) is 7.03. The highest BCUT2D eigenvalue weighted by atomic mass is 14.5. The molecule has 1 rings (SSSR count). The Morgan fingerprint density at radius 2 is 2.09 bits per heavy atom. The van der Waals surface area contributed by atoms with Crippen LogP contribution in [-0.4, -0.2) is 0 Å². The van der Waals surface area contributed by atoms with Gasteiger partial charge < -0.3 is 5.73 Å². The molecule has 0 aliphatic heterocycles. The van der Waals surface area contributed by atoms with Crippen molar-refractivity contribution in [3.05, 3.63) is 29.3 Å². The summed E-state index contributed by atoms with van der Waals surface area (Å²) in [4.78, 5) is 0. The van der Waals surface area contributed by atoms with E-state index in [1.54, 1.807) is 18.2 Å². The molecule has 0 saturated carbocycles. The molecule has 0 aliphatic rings. The molecule has 0 saturated heterocycles. The first-order valence-electron chi connectivity index (χ1n) is 3.04. The Morgan fingerprint density at radius 3 is 2.64 bits per heavy atom. The maximum atomic E-state index is 8.57. The molecule has 0 amide bonds. The minimum absolute atomic E-state index is 0.451. The van der Waals surface area contributed by atoms with E-state index in [2.05, 4.69) is 5.92 Å². The lowest BCUT2D eigenvalue weighted by atomic mass is 10.1. The normalized spacial score (nSPS) is 8.18. The van der Waals surface area contributed by atoms with Crippen LogP contribution in [0.4, 0.5) is 5.69 Å². The predicted octanol–water partition coefficient (Wildman–Crippen LogP) is 1.12. The SMILES string of the molecule is C#Cc1ccc(N)cc1C#N. The summed E-state index contributed by atoms with van der Waals surface area (Å²) in [5, 5.41) is 8.57. The molecule has 52 valence electrons. The van der Waals surface area contributed by atoms with Crippen molar-refractivity contribution in [3.63, 3.8) is 0 Å². The van der Waals surface area contributed by atoms with Gasteiger partial charge in [-0.25, -0.2) is 0 Å². The number of anilines is 1. The first kappa shape index (κ1) is 7.18. The van der Waals surface area contributed by atoms with Gasteiger partial charge in [0.15, 0.2) is 0 Å². The average Bonchev–Trinajstić information content (AvgIpc) is 2.04. The van der Waals surface area contributed by atoms with E-state index in [9.17, 15) is 0 Å². The minimum Gasteiger partial charge on any atom is -0.399 e. The third-order valence-corrected chi connectivity index (χ3v) is 1.32. The van der Waals surface area contributed by atoms with Crippen LogP contribution in [0, 0.1) is 23.7 Å². The van der Waals surface area contributed by atoms with Gasteiger partial charge >= 0.3 is 0 Å². The van der Waals surface area contributed by atoms with Crippen LogP contribution in [-0.2, 0) is 0 Å². The number of hydrogen-bond acceptors (Lipinski definition) is 2. The van der Waals surface area contributed by atoms with Gasteiger partial charge in [-0.05, 0) is 18.2 Å². The summed E-state index contributed by atoms with van der Waals surface area (Å²) in [5.74, 6) is 2.40. The van der Waals surface area contributed by atoms with Crippen LogP contribution in [0.3, 0.4) is 0 Å². The Labute approximate surface area is 65.3 Å². The van der Waals surface area contributed by atoms with Gasteiger partial charge in [0.1, 0.15) is 6.07 Å². The number of nitrogen functional groups attached to an aromatic ring is 1. The van der Waals surface area contributed by atoms with Gasteiger partial charge in [0.25, 0.3) is 0 Å². The zero-order valence-electron chi connectivity index (χ0n) is 5.83. The summed E-state index contributed by atoms with van der Waals surface area (Å²) < 4.78 is 0. The number of rotatable bonds is 0. The maximum Gasteiger partial charge on any atom is 0.101 e. The van der Waals surface area contributed by atoms with Gasteiger partial charge in [0.2, 0.25) is 0 Å². The van der Waals surface area contributed by atoms with Crippen molar-refractivity contribution in [3.8, 4) is 18.4 Å². The second kappa shape index (κ2) is 2.77. The van der Waals surface area contributed by atoms with E-state index in [-0.39, 0.29) is 0 Å². The lowest BCUT2D eigenvalue weighted by Crippen LogP contribution is -1.88.